The van der Waals surface area contributed by atoms with Crippen LogP contribution in [-0.4, -0.2) is 22.5 Å². The van der Waals surface area contributed by atoms with Gasteiger partial charge in [0.1, 0.15) is 0 Å². The molecule has 0 heterocycles. The largest absolute Gasteiger partial charge is 0.293 e. The van der Waals surface area contributed by atoms with Gasteiger partial charge in [0.15, 0.2) is 0 Å². The van der Waals surface area contributed by atoms with Crippen molar-refractivity contribution in [2.75, 3.05) is 0 Å². The van der Waals surface area contributed by atoms with E-state index in [1.807, 2.05) is 0 Å². The fourth-order valence-electron chi connectivity index (χ4n) is 2.74. The third kappa shape index (κ3) is 4.45. The van der Waals surface area contributed by atoms with E-state index in [2.05, 4.69) is 60.3 Å². The van der Waals surface area contributed by atoms with Gasteiger partial charge in [-0.1, -0.05) is 13.8 Å². The van der Waals surface area contributed by atoms with E-state index < -0.39 is 0 Å². The maximum Gasteiger partial charge on any atom is 0.0130 e. The van der Waals surface area contributed by atoms with Gasteiger partial charge in [-0.3, -0.25) is 4.90 Å². The van der Waals surface area contributed by atoms with Gasteiger partial charge < -0.3 is 0 Å². The summed E-state index contributed by atoms with van der Waals surface area (Å²) in [7, 11) is 0. The molecule has 0 radical (unpaired) electrons. The molecule has 86 valence electrons. The van der Waals surface area contributed by atoms with Crippen molar-refractivity contribution < 1.29 is 0 Å². The van der Waals surface area contributed by atoms with Crippen LogP contribution in [0, 0.1) is 5.92 Å². The molecule has 0 aliphatic carbocycles. The van der Waals surface area contributed by atoms with E-state index in [9.17, 15) is 0 Å². The fourth-order valence-corrected chi connectivity index (χ4v) is 2.74. The van der Waals surface area contributed by atoms with Gasteiger partial charge >= 0.3 is 0 Å². The summed E-state index contributed by atoms with van der Waals surface area (Å²) in [4.78, 5) is 2.62. The quantitative estimate of drug-likeness (QED) is 0.663. The summed E-state index contributed by atoms with van der Waals surface area (Å²) in [6, 6.07) is 1.30. The molecule has 0 saturated carbocycles. The Morgan fingerprint density at radius 1 is 0.929 bits per heavy atom. The minimum atomic E-state index is 0.280. The van der Waals surface area contributed by atoms with Crippen LogP contribution in [0.4, 0.5) is 0 Å². The average molecular weight is 199 g/mol. The highest BCUT2D eigenvalue weighted by Crippen LogP contribution is 2.23. The topological polar surface area (TPSA) is 3.24 Å². The maximum absolute atomic E-state index is 2.62. The lowest BCUT2D eigenvalue weighted by Gasteiger charge is -2.44. The van der Waals surface area contributed by atoms with Crippen LogP contribution in [-0.2, 0) is 0 Å². The fraction of sp³-hybridized carbons (Fsp3) is 1.00. The monoisotopic (exact) mass is 199 g/mol. The van der Waals surface area contributed by atoms with E-state index in [4.69, 9.17) is 0 Å². The molecule has 0 saturated heterocycles. The molecule has 0 amide bonds. The molecule has 0 fully saturated rings. The zero-order valence-corrected chi connectivity index (χ0v) is 11.4. The smallest absolute Gasteiger partial charge is 0.0130 e. The highest BCUT2D eigenvalue weighted by Gasteiger charge is 2.28. The third-order valence-electron chi connectivity index (χ3n) is 2.62. The lowest BCUT2D eigenvalue weighted by Crippen LogP contribution is -2.51. The lowest BCUT2D eigenvalue weighted by atomic mass is 9.96. The average Bonchev–Trinajstić information content (AvgIpc) is 1.78. The Labute approximate surface area is 90.9 Å². The Balaban J connectivity index is 4.50. The van der Waals surface area contributed by atoms with Crippen LogP contribution in [0.15, 0.2) is 0 Å². The molecule has 0 aromatic rings. The molecule has 0 spiro atoms. The molecule has 0 bridgehead atoms. The van der Waals surface area contributed by atoms with Gasteiger partial charge in [-0.2, -0.15) is 0 Å². The van der Waals surface area contributed by atoms with Gasteiger partial charge in [0.25, 0.3) is 0 Å². The standard InChI is InChI=1S/C13H29N/c1-10(2)9-12(5)14(11(3)4)13(6,7)8/h10-12H,9H2,1-8H3. The number of rotatable bonds is 4. The van der Waals surface area contributed by atoms with Crippen molar-refractivity contribution in [1.82, 2.24) is 4.90 Å². The van der Waals surface area contributed by atoms with E-state index >= 15 is 0 Å². The summed E-state index contributed by atoms with van der Waals surface area (Å²) < 4.78 is 0. The molecular weight excluding hydrogens is 170 g/mol. The Morgan fingerprint density at radius 2 is 1.36 bits per heavy atom. The molecule has 1 unspecified atom stereocenters. The van der Waals surface area contributed by atoms with Crippen molar-refractivity contribution >= 4 is 0 Å². The SMILES string of the molecule is CC(C)CC(C)N(C(C)C)C(C)(C)C. The first-order valence-corrected chi connectivity index (χ1v) is 5.94. The predicted molar refractivity (Wildman–Crippen MR) is 65.6 cm³/mol. The van der Waals surface area contributed by atoms with Crippen molar-refractivity contribution in [2.24, 2.45) is 5.92 Å². The number of nitrogens with zero attached hydrogens (tertiary/aromatic N) is 1. The first kappa shape index (κ1) is 14.0. The van der Waals surface area contributed by atoms with Crippen LogP contribution in [0.2, 0.25) is 0 Å². The van der Waals surface area contributed by atoms with Crippen molar-refractivity contribution in [3.05, 3.63) is 0 Å². The van der Waals surface area contributed by atoms with Crippen LogP contribution in [0.3, 0.4) is 0 Å². The van der Waals surface area contributed by atoms with E-state index in [0.717, 1.165) is 5.92 Å². The molecular formula is C13H29N. The third-order valence-corrected chi connectivity index (χ3v) is 2.62. The molecule has 1 nitrogen and oxygen atoms in total. The number of hydrogen-bond donors (Lipinski definition) is 0. The summed E-state index contributed by atoms with van der Waals surface area (Å²) in [5.41, 5.74) is 0.280. The molecule has 0 aromatic heterocycles. The van der Waals surface area contributed by atoms with Crippen LogP contribution in [0.5, 0.6) is 0 Å². The van der Waals surface area contributed by atoms with E-state index in [1.54, 1.807) is 0 Å². The molecule has 1 atom stereocenters. The van der Waals surface area contributed by atoms with Crippen molar-refractivity contribution in [3.8, 4) is 0 Å². The molecule has 0 aromatic carbocycles. The van der Waals surface area contributed by atoms with Crippen molar-refractivity contribution in [1.29, 1.82) is 0 Å². The van der Waals surface area contributed by atoms with Crippen LogP contribution >= 0.6 is 0 Å². The molecule has 0 rings (SSSR count). The van der Waals surface area contributed by atoms with Gasteiger partial charge in [0.05, 0.1) is 0 Å². The molecule has 0 N–H and O–H groups in total. The zero-order valence-electron chi connectivity index (χ0n) is 11.4. The first-order valence-electron chi connectivity index (χ1n) is 5.94. The highest BCUT2D eigenvalue weighted by molar-refractivity contribution is 4.83. The van der Waals surface area contributed by atoms with E-state index in [-0.39, 0.29) is 5.54 Å². The minimum absolute atomic E-state index is 0.280. The van der Waals surface area contributed by atoms with Gasteiger partial charge in [-0.15, -0.1) is 0 Å². The van der Waals surface area contributed by atoms with E-state index in [0.29, 0.717) is 12.1 Å². The van der Waals surface area contributed by atoms with E-state index in [1.165, 1.54) is 6.42 Å². The normalized spacial score (nSPS) is 15.6. The molecule has 1 heteroatoms. The zero-order chi connectivity index (χ0) is 11.5. The second kappa shape index (κ2) is 5.16. The molecule has 14 heavy (non-hydrogen) atoms. The van der Waals surface area contributed by atoms with Gasteiger partial charge in [0, 0.05) is 17.6 Å². The van der Waals surface area contributed by atoms with Gasteiger partial charge in [-0.25, -0.2) is 0 Å². The Morgan fingerprint density at radius 3 is 1.57 bits per heavy atom. The second-order valence-corrected chi connectivity index (χ2v) is 6.15. The number of hydrogen-bond acceptors (Lipinski definition) is 1. The van der Waals surface area contributed by atoms with Crippen molar-refractivity contribution in [2.45, 2.75) is 79.4 Å². The summed E-state index contributed by atoms with van der Waals surface area (Å²) in [5.74, 6) is 0.786. The predicted octanol–water partition coefficient (Wildman–Crippen LogP) is 3.93. The molecule has 0 aliphatic rings. The summed E-state index contributed by atoms with van der Waals surface area (Å²) in [6.07, 6.45) is 1.29. The highest BCUT2D eigenvalue weighted by atomic mass is 15.2. The van der Waals surface area contributed by atoms with Crippen LogP contribution in [0.1, 0.15) is 61.8 Å². The Kier molecular flexibility index (Phi) is 5.14. The first-order chi connectivity index (χ1) is 6.16. The second-order valence-electron chi connectivity index (χ2n) is 6.15. The Hall–Kier alpha value is -0.0400. The Bertz CT molecular complexity index is 153. The lowest BCUT2D eigenvalue weighted by molar-refractivity contribution is 0.0466. The molecule has 0 aliphatic heterocycles. The summed E-state index contributed by atoms with van der Waals surface area (Å²) in [6.45, 7) is 18.5. The van der Waals surface area contributed by atoms with Crippen LogP contribution < -0.4 is 0 Å². The van der Waals surface area contributed by atoms with Crippen LogP contribution in [0.25, 0.3) is 0 Å². The summed E-state index contributed by atoms with van der Waals surface area (Å²) in [5, 5.41) is 0. The summed E-state index contributed by atoms with van der Waals surface area (Å²) >= 11 is 0. The minimum Gasteiger partial charge on any atom is -0.293 e. The van der Waals surface area contributed by atoms with Gasteiger partial charge in [0.2, 0.25) is 0 Å². The van der Waals surface area contributed by atoms with Crippen molar-refractivity contribution in [3.63, 3.8) is 0 Å². The maximum atomic E-state index is 2.62. The van der Waals surface area contributed by atoms with Gasteiger partial charge in [-0.05, 0) is 53.9 Å².